The zero-order chi connectivity index (χ0) is 43.3. The third-order valence-corrected chi connectivity index (χ3v) is 12.8. The van der Waals surface area contributed by atoms with Crippen LogP contribution in [0.4, 0.5) is 0 Å². The van der Waals surface area contributed by atoms with Gasteiger partial charge < -0.3 is 13.4 Å². The molecule has 0 aliphatic heterocycles. The van der Waals surface area contributed by atoms with Crippen molar-refractivity contribution in [2.24, 2.45) is 0 Å². The Morgan fingerprint density at radius 1 is 0.333 bits per heavy atom. The Balaban J connectivity index is 1.09. The topological polar surface area (TPSA) is 87.7 Å². The van der Waals surface area contributed by atoms with Crippen LogP contribution in [-0.4, -0.2) is 29.1 Å². The maximum Gasteiger partial charge on any atom is 0.238 e. The molecular formula is C58H34N6O2. The highest BCUT2D eigenvalue weighted by atomic mass is 16.3. The number of oxazole rings is 1. The molecule has 0 amide bonds. The normalized spacial score (nSPS) is 11.9. The highest BCUT2D eigenvalue weighted by molar-refractivity contribution is 6.24. The molecule has 0 saturated carbocycles. The Hall–Kier alpha value is -9.14. The molecule has 14 aromatic rings. The van der Waals surface area contributed by atoms with Crippen molar-refractivity contribution in [1.82, 2.24) is 29.1 Å². The van der Waals surface area contributed by atoms with E-state index in [-0.39, 0.29) is 0 Å². The molecule has 0 aliphatic rings. The van der Waals surface area contributed by atoms with E-state index in [0.717, 1.165) is 93.5 Å². The van der Waals surface area contributed by atoms with E-state index < -0.39 is 0 Å². The number of rotatable bonds is 6. The predicted octanol–water partition coefficient (Wildman–Crippen LogP) is 14.8. The van der Waals surface area contributed by atoms with Gasteiger partial charge in [0, 0.05) is 43.4 Å². The fourth-order valence-electron chi connectivity index (χ4n) is 9.85. The molecule has 0 aliphatic carbocycles. The molecule has 8 nitrogen and oxygen atoms in total. The quantitative estimate of drug-likeness (QED) is 0.166. The summed E-state index contributed by atoms with van der Waals surface area (Å²) < 4.78 is 17.9. The van der Waals surface area contributed by atoms with E-state index >= 15 is 0 Å². The van der Waals surface area contributed by atoms with E-state index in [4.69, 9.17) is 28.8 Å². The van der Waals surface area contributed by atoms with Crippen molar-refractivity contribution in [2.45, 2.75) is 0 Å². The average molecular weight is 847 g/mol. The third-order valence-electron chi connectivity index (χ3n) is 12.8. The van der Waals surface area contributed by atoms with Crippen LogP contribution < -0.4 is 0 Å². The van der Waals surface area contributed by atoms with Crippen LogP contribution in [0.5, 0.6) is 0 Å². The largest absolute Gasteiger partial charge is 0.454 e. The van der Waals surface area contributed by atoms with E-state index in [1.165, 1.54) is 0 Å². The van der Waals surface area contributed by atoms with Gasteiger partial charge in [0.2, 0.25) is 11.8 Å². The second kappa shape index (κ2) is 14.2. The summed E-state index contributed by atoms with van der Waals surface area (Å²) in [6.45, 7) is 0. The van der Waals surface area contributed by atoms with E-state index in [0.29, 0.717) is 40.2 Å². The van der Waals surface area contributed by atoms with Crippen molar-refractivity contribution >= 4 is 76.6 Å². The summed E-state index contributed by atoms with van der Waals surface area (Å²) in [4.78, 5) is 21.0. The van der Waals surface area contributed by atoms with Gasteiger partial charge in [-0.05, 0) is 59.7 Å². The molecule has 0 fully saturated rings. The number of aromatic nitrogens is 6. The lowest BCUT2D eigenvalue weighted by Gasteiger charge is -2.13. The molecule has 0 N–H and O–H groups in total. The molecule has 308 valence electrons. The monoisotopic (exact) mass is 846 g/mol. The van der Waals surface area contributed by atoms with E-state index in [2.05, 4.69) is 149 Å². The van der Waals surface area contributed by atoms with Crippen molar-refractivity contribution in [3.8, 4) is 57.0 Å². The molecule has 0 saturated heterocycles. The number of para-hydroxylation sites is 5. The SMILES string of the molecule is c1ccc(-c2ccc(-c3nc(-c4cccc5nc(-c6ccccc6)oc45)nc(-n4c5ccccc5c5ccc6c7ccccc7n(-c7cccc8c7oc7ccccc78)c6c54)n3)cc2)cc1. The van der Waals surface area contributed by atoms with Crippen LogP contribution in [0.15, 0.2) is 215 Å². The highest BCUT2D eigenvalue weighted by Gasteiger charge is 2.26. The maximum absolute atomic E-state index is 6.75. The van der Waals surface area contributed by atoms with Gasteiger partial charge in [0.05, 0.1) is 33.3 Å². The summed E-state index contributed by atoms with van der Waals surface area (Å²) in [6.07, 6.45) is 0. The van der Waals surface area contributed by atoms with E-state index in [9.17, 15) is 0 Å². The van der Waals surface area contributed by atoms with E-state index in [1.807, 2.05) is 66.7 Å². The van der Waals surface area contributed by atoms with Crippen LogP contribution in [0.2, 0.25) is 0 Å². The fourth-order valence-corrected chi connectivity index (χ4v) is 9.85. The van der Waals surface area contributed by atoms with Gasteiger partial charge in [0.25, 0.3) is 0 Å². The smallest absolute Gasteiger partial charge is 0.238 e. The van der Waals surface area contributed by atoms with Crippen molar-refractivity contribution in [1.29, 1.82) is 0 Å². The second-order valence-electron chi connectivity index (χ2n) is 16.6. The first kappa shape index (κ1) is 36.4. The van der Waals surface area contributed by atoms with Crippen molar-refractivity contribution in [3.05, 3.63) is 206 Å². The van der Waals surface area contributed by atoms with Gasteiger partial charge in [-0.25, -0.2) is 9.97 Å². The molecule has 66 heavy (non-hydrogen) atoms. The zero-order valence-electron chi connectivity index (χ0n) is 35.1. The zero-order valence-corrected chi connectivity index (χ0v) is 35.1. The molecule has 5 aromatic heterocycles. The minimum atomic E-state index is 0.467. The molecule has 5 heterocycles. The standard InChI is InChI=1S/C58H34N6O2/c1-3-15-35(16-4-1)36-29-31-37(32-30-36)55-60-56(45-23-13-24-46-53(45)66-57(59-46)38-17-5-2-6-18-38)62-58(61-55)64-48-26-11-8-20-40(48)43-34-33-42-39-19-7-10-25-47(39)63(51(42)52(43)64)49-27-14-22-44-41-21-9-12-28-50(41)65-54(44)49/h1-34H. The fraction of sp³-hybridized carbons (Fsp3) is 0. The summed E-state index contributed by atoms with van der Waals surface area (Å²) in [5.74, 6) is 2.00. The van der Waals surface area contributed by atoms with Crippen LogP contribution in [0.25, 0.3) is 134 Å². The van der Waals surface area contributed by atoms with Crippen LogP contribution in [-0.2, 0) is 0 Å². The van der Waals surface area contributed by atoms with Crippen LogP contribution in [0.3, 0.4) is 0 Å². The number of hydrogen-bond donors (Lipinski definition) is 0. The Bertz CT molecular complexity index is 4220. The van der Waals surface area contributed by atoms with Gasteiger partial charge >= 0.3 is 0 Å². The van der Waals surface area contributed by atoms with Gasteiger partial charge in [-0.2, -0.15) is 9.97 Å². The van der Waals surface area contributed by atoms with Gasteiger partial charge in [-0.1, -0.05) is 158 Å². The molecule has 9 aromatic carbocycles. The molecule has 0 spiro atoms. The van der Waals surface area contributed by atoms with Gasteiger partial charge in [0.15, 0.2) is 22.8 Å². The summed E-state index contributed by atoms with van der Waals surface area (Å²) >= 11 is 0. The number of hydrogen-bond acceptors (Lipinski definition) is 6. The molecule has 0 atom stereocenters. The van der Waals surface area contributed by atoms with Crippen molar-refractivity contribution < 1.29 is 8.83 Å². The van der Waals surface area contributed by atoms with Crippen molar-refractivity contribution in [2.75, 3.05) is 0 Å². The molecular weight excluding hydrogens is 813 g/mol. The predicted molar refractivity (Wildman–Crippen MR) is 265 cm³/mol. The van der Waals surface area contributed by atoms with E-state index in [1.54, 1.807) is 0 Å². The molecule has 0 radical (unpaired) electrons. The molecule has 8 heteroatoms. The summed E-state index contributed by atoms with van der Waals surface area (Å²) in [7, 11) is 0. The van der Waals surface area contributed by atoms with Gasteiger partial charge in [0.1, 0.15) is 11.1 Å². The average Bonchev–Trinajstić information content (AvgIpc) is 4.16. The van der Waals surface area contributed by atoms with Crippen LogP contribution in [0.1, 0.15) is 0 Å². The lowest BCUT2D eigenvalue weighted by atomic mass is 10.0. The molecule has 0 unspecified atom stereocenters. The Kier molecular flexibility index (Phi) is 7.81. The summed E-state index contributed by atoms with van der Waals surface area (Å²) in [5, 5.41) is 6.51. The summed E-state index contributed by atoms with van der Waals surface area (Å²) in [5.41, 5.74) is 12.6. The Morgan fingerprint density at radius 2 is 0.909 bits per heavy atom. The third kappa shape index (κ3) is 5.45. The molecule has 14 rings (SSSR count). The Morgan fingerprint density at radius 3 is 1.67 bits per heavy atom. The lowest BCUT2D eigenvalue weighted by Crippen LogP contribution is -2.07. The minimum Gasteiger partial charge on any atom is -0.454 e. The first-order valence-electron chi connectivity index (χ1n) is 22.0. The van der Waals surface area contributed by atoms with Gasteiger partial charge in [-0.3, -0.25) is 4.57 Å². The highest BCUT2D eigenvalue weighted by Crippen LogP contribution is 2.44. The van der Waals surface area contributed by atoms with Crippen molar-refractivity contribution in [3.63, 3.8) is 0 Å². The summed E-state index contributed by atoms with van der Waals surface area (Å²) in [6, 6.07) is 70.9. The number of fused-ring (bicyclic) bond motifs is 11. The number of benzene rings is 9. The first-order chi connectivity index (χ1) is 32.7. The van der Waals surface area contributed by atoms with Gasteiger partial charge in [-0.15, -0.1) is 0 Å². The lowest BCUT2D eigenvalue weighted by molar-refractivity contribution is 0.620. The maximum atomic E-state index is 6.75. The molecule has 0 bridgehead atoms. The van der Waals surface area contributed by atoms with Crippen LogP contribution in [0, 0.1) is 0 Å². The minimum absolute atomic E-state index is 0.467. The second-order valence-corrected chi connectivity index (χ2v) is 16.6. The number of nitrogens with zero attached hydrogens (tertiary/aromatic N) is 6. The Labute approximate surface area is 376 Å². The van der Waals surface area contributed by atoms with Crippen LogP contribution >= 0.6 is 0 Å². The number of furan rings is 1. The first-order valence-corrected chi connectivity index (χ1v) is 22.0.